The second-order valence-electron chi connectivity index (χ2n) is 0. The molecule has 0 spiro atoms. The molecule has 0 aliphatic carbocycles. The second-order valence-corrected chi connectivity index (χ2v) is 0. The first kappa shape index (κ1) is 238. The molecule has 0 saturated heterocycles. The zero-order chi connectivity index (χ0) is 0. The Morgan fingerprint density at radius 1 is 0.429 bits per heavy atom. The van der Waals surface area contributed by atoms with Crippen LogP contribution in [0.3, 0.4) is 0 Å². The van der Waals surface area contributed by atoms with Crippen LogP contribution in [0.15, 0.2) is 0 Å². The first-order valence-electron chi connectivity index (χ1n) is 0. The second kappa shape index (κ2) is 157. The molecule has 0 unspecified atom stereocenters. The molecule has 0 aromatic rings. The fourth-order valence-corrected chi connectivity index (χ4v) is 0. The molecule has 0 saturated carbocycles. The van der Waals surface area contributed by atoms with Gasteiger partial charge >= 0.3 is 0 Å². The van der Waals surface area contributed by atoms with Gasteiger partial charge in [0.25, 0.3) is 0 Å². The van der Waals surface area contributed by atoms with E-state index in [2.05, 4.69) is 0 Å². The van der Waals surface area contributed by atoms with E-state index in [-0.39, 0.29) is 72.8 Å². The third-order valence-electron chi connectivity index (χ3n) is 0. The van der Waals surface area contributed by atoms with E-state index in [9.17, 15) is 0 Å². The molecule has 4 nitrogen and oxygen atoms in total. The number of hydrogen-bond acceptors (Lipinski definition) is 0. The van der Waals surface area contributed by atoms with Crippen molar-refractivity contribution < 1.29 is 72.8 Å². The van der Waals surface area contributed by atoms with Crippen LogP contribution >= 0.6 is 0 Å². The molecule has 0 rings (SSSR count). The van der Waals surface area contributed by atoms with Crippen molar-refractivity contribution in [2.45, 2.75) is 0 Å². The van der Waals surface area contributed by atoms with Crippen LogP contribution in [-0.4, -0.2) is 21.9 Å². The van der Waals surface area contributed by atoms with Gasteiger partial charge in [-0.05, 0) is 0 Å². The van der Waals surface area contributed by atoms with Crippen molar-refractivity contribution >= 4 is 0 Å². The predicted molar refractivity (Wildman–Crippen MR) is 14.5 cm³/mol. The minimum Gasteiger partial charge on any atom is -0.412 e. The van der Waals surface area contributed by atoms with Crippen LogP contribution in [0.1, 0.15) is 0 Å². The molecule has 8 N–H and O–H groups in total. The topological polar surface area (TPSA) is 126 Å². The van der Waals surface area contributed by atoms with Crippen LogP contribution in [0.4, 0.5) is 0 Å². The maximum atomic E-state index is 0. The molecule has 0 atom stereocenters. The average molecular weight is 243 g/mol. The molecule has 0 aromatic carbocycles. The van der Waals surface area contributed by atoms with Gasteiger partial charge < -0.3 is 21.9 Å². The Hall–Kier alpha value is 1.39. The largest absolute Gasteiger partial charge is 0.412 e. The summed E-state index contributed by atoms with van der Waals surface area (Å²) in [7, 11) is 0. The molecule has 7 heteroatoms. The molecular formula is H8CoFe2O4. The van der Waals surface area contributed by atoms with Crippen molar-refractivity contribution in [2.75, 3.05) is 0 Å². The summed E-state index contributed by atoms with van der Waals surface area (Å²) in [6, 6.07) is 0. The fourth-order valence-electron chi connectivity index (χ4n) is 0. The van der Waals surface area contributed by atoms with Gasteiger partial charge in [0.1, 0.15) is 0 Å². The van der Waals surface area contributed by atoms with Gasteiger partial charge in [-0.25, -0.2) is 0 Å². The Kier molecular flexibility index (Phi) is 5340. The molecule has 0 aliphatic rings. The van der Waals surface area contributed by atoms with Crippen LogP contribution in [0, 0.1) is 0 Å². The zero-order valence-electron chi connectivity index (χ0n) is 3.04. The number of hydrogen-bond donors (Lipinski definition) is 0. The summed E-state index contributed by atoms with van der Waals surface area (Å²) in [5.41, 5.74) is 0. The van der Waals surface area contributed by atoms with E-state index < -0.39 is 0 Å². The van der Waals surface area contributed by atoms with Gasteiger partial charge in [-0.3, -0.25) is 0 Å². The van der Waals surface area contributed by atoms with Crippen LogP contribution < -0.4 is 0 Å². The molecule has 0 aromatic heterocycles. The Morgan fingerprint density at radius 3 is 0.429 bits per heavy atom. The van der Waals surface area contributed by atoms with Gasteiger partial charge in [0.05, 0.1) is 0 Å². The Bertz CT molecular complexity index is 9.65. The van der Waals surface area contributed by atoms with E-state index in [1.165, 1.54) is 0 Å². The maximum absolute atomic E-state index is 0. The Labute approximate surface area is 72.8 Å². The van der Waals surface area contributed by atoms with Gasteiger partial charge in [0, 0.05) is 50.9 Å². The van der Waals surface area contributed by atoms with Crippen LogP contribution in [0.5, 0.6) is 0 Å². The molecule has 1 radical (unpaired) electrons. The smallest absolute Gasteiger partial charge is 0 e. The van der Waals surface area contributed by atoms with E-state index in [4.69, 9.17) is 0 Å². The van der Waals surface area contributed by atoms with Crippen LogP contribution in [0.2, 0.25) is 0 Å². The standard InChI is InChI=1S/Co.2Fe.4H2O/h;;;4*1H2. The van der Waals surface area contributed by atoms with Crippen molar-refractivity contribution in [1.29, 1.82) is 0 Å². The molecule has 0 fully saturated rings. The van der Waals surface area contributed by atoms with Gasteiger partial charge in [-0.2, -0.15) is 0 Å². The summed E-state index contributed by atoms with van der Waals surface area (Å²) in [5.74, 6) is 0. The SMILES string of the molecule is O.O.O.O.[Co].[Fe].[Fe]. The van der Waals surface area contributed by atoms with Gasteiger partial charge in [0.15, 0.2) is 0 Å². The minimum atomic E-state index is 0. The third-order valence-corrected chi connectivity index (χ3v) is 0. The van der Waals surface area contributed by atoms with Crippen LogP contribution in [-0.2, 0) is 50.9 Å². The third kappa shape index (κ3) is 112. The predicted octanol–water partition coefficient (Wildman–Crippen LogP) is -3.31. The first-order chi connectivity index (χ1) is 0. The molecule has 57 valence electrons. The molecule has 0 amide bonds. The average Bonchev–Trinajstić information content (AvgIpc) is 0. The van der Waals surface area contributed by atoms with Crippen molar-refractivity contribution in [1.82, 2.24) is 0 Å². The fraction of sp³-hybridized carbons (Fsp3) is 0. The quantitative estimate of drug-likeness (QED) is 0.395. The monoisotopic (exact) mass is 243 g/mol. The molecule has 0 bridgehead atoms. The van der Waals surface area contributed by atoms with E-state index in [1.54, 1.807) is 0 Å². The normalized spacial score (nSPS) is 0. The van der Waals surface area contributed by atoms with E-state index in [1.807, 2.05) is 0 Å². The number of rotatable bonds is 0. The maximum Gasteiger partial charge on any atom is 0 e. The summed E-state index contributed by atoms with van der Waals surface area (Å²) >= 11 is 0. The first-order valence-corrected chi connectivity index (χ1v) is 0. The summed E-state index contributed by atoms with van der Waals surface area (Å²) < 4.78 is 0. The summed E-state index contributed by atoms with van der Waals surface area (Å²) in [5, 5.41) is 0. The van der Waals surface area contributed by atoms with Gasteiger partial charge in [0.2, 0.25) is 0 Å². The van der Waals surface area contributed by atoms with Crippen molar-refractivity contribution in [3.63, 3.8) is 0 Å². The molecule has 0 heterocycles. The minimum absolute atomic E-state index is 0. The Balaban J connectivity index is 0. The summed E-state index contributed by atoms with van der Waals surface area (Å²) in [6.45, 7) is 0. The van der Waals surface area contributed by atoms with Crippen molar-refractivity contribution in [2.24, 2.45) is 0 Å². The van der Waals surface area contributed by atoms with Crippen LogP contribution in [0.25, 0.3) is 0 Å². The Morgan fingerprint density at radius 2 is 0.429 bits per heavy atom. The molecule has 0 aliphatic heterocycles. The summed E-state index contributed by atoms with van der Waals surface area (Å²) in [6.07, 6.45) is 0. The van der Waals surface area contributed by atoms with E-state index in [0.717, 1.165) is 0 Å². The van der Waals surface area contributed by atoms with E-state index >= 15 is 0 Å². The van der Waals surface area contributed by atoms with Gasteiger partial charge in [-0.15, -0.1) is 0 Å². The van der Waals surface area contributed by atoms with Crippen molar-refractivity contribution in [3.8, 4) is 0 Å². The zero-order valence-corrected chi connectivity index (χ0v) is 6.29. The summed E-state index contributed by atoms with van der Waals surface area (Å²) in [4.78, 5) is 0. The van der Waals surface area contributed by atoms with E-state index in [0.29, 0.717) is 0 Å². The van der Waals surface area contributed by atoms with Crippen molar-refractivity contribution in [3.05, 3.63) is 0 Å². The molecule has 7 heavy (non-hydrogen) atoms. The van der Waals surface area contributed by atoms with Gasteiger partial charge in [-0.1, -0.05) is 0 Å². The molecular weight excluding hydrogens is 235 g/mol.